The van der Waals surface area contributed by atoms with Gasteiger partial charge in [0.15, 0.2) is 0 Å². The highest BCUT2D eigenvalue weighted by molar-refractivity contribution is 5.29. The minimum absolute atomic E-state index is 0.0108. The number of halogens is 4. The number of rotatable bonds is 3. The predicted octanol–water partition coefficient (Wildman–Crippen LogP) is 2.47. The third-order valence-corrected chi connectivity index (χ3v) is 2.55. The third-order valence-electron chi connectivity index (χ3n) is 2.55. The van der Waals surface area contributed by atoms with Gasteiger partial charge in [-0.1, -0.05) is 13.0 Å². The third kappa shape index (κ3) is 3.17. The van der Waals surface area contributed by atoms with E-state index in [-0.39, 0.29) is 12.1 Å². The molecule has 2 atom stereocenters. The highest BCUT2D eigenvalue weighted by Crippen LogP contribution is 2.34. The highest BCUT2D eigenvalue weighted by atomic mass is 19.4. The minimum Gasteiger partial charge on any atom is -0.388 e. The van der Waals surface area contributed by atoms with Gasteiger partial charge in [0.2, 0.25) is 0 Å². The van der Waals surface area contributed by atoms with Crippen molar-refractivity contribution in [3.05, 3.63) is 35.1 Å². The Hall–Kier alpha value is -1.14. The second-order valence-electron chi connectivity index (χ2n) is 3.89. The van der Waals surface area contributed by atoms with Crippen LogP contribution in [-0.2, 0) is 6.18 Å². The topological polar surface area (TPSA) is 46.2 Å². The van der Waals surface area contributed by atoms with Crippen LogP contribution in [0.1, 0.15) is 24.2 Å². The number of benzene rings is 1. The fraction of sp³-hybridized carbons (Fsp3) is 0.455. The number of hydrogen-bond donors (Lipinski definition) is 2. The van der Waals surface area contributed by atoms with E-state index in [2.05, 4.69) is 0 Å². The van der Waals surface area contributed by atoms with Gasteiger partial charge in [-0.25, -0.2) is 4.39 Å². The van der Waals surface area contributed by atoms with Gasteiger partial charge in [0.1, 0.15) is 5.82 Å². The van der Waals surface area contributed by atoms with E-state index in [1.54, 1.807) is 6.92 Å². The number of aliphatic hydroxyl groups is 1. The quantitative estimate of drug-likeness (QED) is 0.811. The van der Waals surface area contributed by atoms with E-state index >= 15 is 0 Å². The van der Waals surface area contributed by atoms with Crippen molar-refractivity contribution in [3.8, 4) is 0 Å². The molecule has 0 spiro atoms. The number of aliphatic hydroxyl groups excluding tert-OH is 1. The van der Waals surface area contributed by atoms with Crippen LogP contribution in [-0.4, -0.2) is 11.7 Å². The first-order valence-electron chi connectivity index (χ1n) is 5.02. The Bertz CT molecular complexity index is 392. The second-order valence-corrected chi connectivity index (χ2v) is 3.89. The zero-order valence-electron chi connectivity index (χ0n) is 9.13. The molecule has 0 aliphatic rings. The summed E-state index contributed by atoms with van der Waals surface area (Å²) in [5.74, 6) is -1.75. The summed E-state index contributed by atoms with van der Waals surface area (Å²) in [6, 6.07) is 2.44. The van der Waals surface area contributed by atoms with Crippen LogP contribution in [0.15, 0.2) is 18.2 Å². The second kappa shape index (κ2) is 5.01. The molecule has 0 amide bonds. The zero-order chi connectivity index (χ0) is 13.2. The van der Waals surface area contributed by atoms with Gasteiger partial charge in [-0.15, -0.1) is 0 Å². The SMILES string of the molecule is CC(CN)C(O)c1ccc(F)c(C(F)(F)F)c1. The standard InChI is InChI=1S/C11H13F4NO/c1-6(5-16)10(17)7-2-3-9(12)8(4-7)11(13,14)15/h2-4,6,10,17H,5,16H2,1H3. The molecule has 1 rings (SSSR count). The molecule has 0 aliphatic heterocycles. The van der Waals surface area contributed by atoms with Crippen molar-refractivity contribution in [1.82, 2.24) is 0 Å². The average Bonchev–Trinajstić information content (AvgIpc) is 2.26. The summed E-state index contributed by atoms with van der Waals surface area (Å²) >= 11 is 0. The van der Waals surface area contributed by atoms with E-state index in [9.17, 15) is 22.7 Å². The van der Waals surface area contributed by atoms with E-state index in [0.29, 0.717) is 12.1 Å². The van der Waals surface area contributed by atoms with Crippen molar-refractivity contribution < 1.29 is 22.7 Å². The Morgan fingerprint density at radius 2 is 1.94 bits per heavy atom. The van der Waals surface area contributed by atoms with Crippen LogP contribution in [0.3, 0.4) is 0 Å². The first-order chi connectivity index (χ1) is 7.77. The van der Waals surface area contributed by atoms with Gasteiger partial charge in [-0.05, 0) is 30.2 Å². The monoisotopic (exact) mass is 251 g/mol. The van der Waals surface area contributed by atoms with Crippen molar-refractivity contribution in [2.24, 2.45) is 11.7 Å². The van der Waals surface area contributed by atoms with Gasteiger partial charge < -0.3 is 10.8 Å². The maximum Gasteiger partial charge on any atom is 0.419 e. The van der Waals surface area contributed by atoms with Crippen molar-refractivity contribution in [2.45, 2.75) is 19.2 Å². The summed E-state index contributed by atoms with van der Waals surface area (Å²) in [7, 11) is 0. The lowest BCUT2D eigenvalue weighted by Gasteiger charge is -2.19. The fourth-order valence-electron chi connectivity index (χ4n) is 1.40. The fourth-order valence-corrected chi connectivity index (χ4v) is 1.40. The molecule has 1 aromatic rings. The molecular weight excluding hydrogens is 238 g/mol. The lowest BCUT2D eigenvalue weighted by Crippen LogP contribution is -2.19. The maximum absolute atomic E-state index is 13.0. The van der Waals surface area contributed by atoms with Crippen LogP contribution in [0.2, 0.25) is 0 Å². The maximum atomic E-state index is 13.0. The Morgan fingerprint density at radius 3 is 2.41 bits per heavy atom. The molecule has 17 heavy (non-hydrogen) atoms. The van der Waals surface area contributed by atoms with E-state index in [0.717, 1.165) is 6.07 Å². The molecule has 1 aromatic carbocycles. The van der Waals surface area contributed by atoms with Gasteiger partial charge in [0.25, 0.3) is 0 Å². The van der Waals surface area contributed by atoms with Crippen molar-refractivity contribution in [2.75, 3.05) is 6.54 Å². The van der Waals surface area contributed by atoms with Crippen molar-refractivity contribution in [3.63, 3.8) is 0 Å². The lowest BCUT2D eigenvalue weighted by molar-refractivity contribution is -0.140. The van der Waals surface area contributed by atoms with Gasteiger partial charge in [-0.3, -0.25) is 0 Å². The smallest absolute Gasteiger partial charge is 0.388 e. The van der Waals surface area contributed by atoms with Crippen LogP contribution in [0.5, 0.6) is 0 Å². The summed E-state index contributed by atoms with van der Waals surface area (Å²) in [4.78, 5) is 0. The molecule has 0 saturated heterocycles. The number of nitrogens with two attached hydrogens (primary N) is 1. The van der Waals surface area contributed by atoms with Gasteiger partial charge in [-0.2, -0.15) is 13.2 Å². The molecule has 0 aliphatic carbocycles. The molecule has 0 heterocycles. The molecule has 0 radical (unpaired) electrons. The molecule has 3 N–H and O–H groups in total. The van der Waals surface area contributed by atoms with Gasteiger partial charge >= 0.3 is 6.18 Å². The van der Waals surface area contributed by atoms with Crippen LogP contribution in [0.4, 0.5) is 17.6 Å². The summed E-state index contributed by atoms with van der Waals surface area (Å²) in [5, 5.41) is 9.70. The molecule has 0 bridgehead atoms. The Balaban J connectivity index is 3.13. The van der Waals surface area contributed by atoms with Crippen molar-refractivity contribution >= 4 is 0 Å². The van der Waals surface area contributed by atoms with E-state index < -0.39 is 29.6 Å². The first kappa shape index (κ1) is 13.9. The average molecular weight is 251 g/mol. The molecule has 6 heteroatoms. The van der Waals surface area contributed by atoms with E-state index in [1.807, 2.05) is 0 Å². The van der Waals surface area contributed by atoms with Crippen LogP contribution in [0.25, 0.3) is 0 Å². The van der Waals surface area contributed by atoms with Crippen molar-refractivity contribution in [1.29, 1.82) is 0 Å². The van der Waals surface area contributed by atoms with Gasteiger partial charge in [0.05, 0.1) is 11.7 Å². The first-order valence-corrected chi connectivity index (χ1v) is 5.02. The van der Waals surface area contributed by atoms with Crippen LogP contribution >= 0.6 is 0 Å². The Labute approximate surface area is 96.1 Å². The summed E-state index contributed by atoms with van der Waals surface area (Å²) < 4.78 is 50.3. The summed E-state index contributed by atoms with van der Waals surface area (Å²) in [5.41, 5.74) is 3.94. The molecule has 2 unspecified atom stereocenters. The molecule has 96 valence electrons. The summed E-state index contributed by atoms with van der Waals surface area (Å²) in [6.45, 7) is 1.72. The van der Waals surface area contributed by atoms with Crippen LogP contribution in [0, 0.1) is 11.7 Å². The molecule has 0 fully saturated rings. The van der Waals surface area contributed by atoms with E-state index in [1.165, 1.54) is 0 Å². The highest BCUT2D eigenvalue weighted by Gasteiger charge is 2.34. The molecule has 2 nitrogen and oxygen atoms in total. The largest absolute Gasteiger partial charge is 0.419 e. The molecule has 0 aromatic heterocycles. The van der Waals surface area contributed by atoms with Crippen LogP contribution < -0.4 is 5.73 Å². The normalized spacial score (nSPS) is 15.7. The molecular formula is C11H13F4NO. The zero-order valence-corrected chi connectivity index (χ0v) is 9.13. The predicted molar refractivity (Wildman–Crippen MR) is 54.6 cm³/mol. The number of alkyl halides is 3. The minimum atomic E-state index is -4.77. The van der Waals surface area contributed by atoms with E-state index in [4.69, 9.17) is 5.73 Å². The number of hydrogen-bond acceptors (Lipinski definition) is 2. The summed E-state index contributed by atoms with van der Waals surface area (Å²) in [6.07, 6.45) is -5.91. The molecule has 0 saturated carbocycles. The Morgan fingerprint density at radius 1 is 1.35 bits per heavy atom. The Kier molecular flexibility index (Phi) is 4.11. The lowest BCUT2D eigenvalue weighted by atomic mass is 9.96. The van der Waals surface area contributed by atoms with Gasteiger partial charge in [0, 0.05) is 0 Å².